The zero-order valence-corrected chi connectivity index (χ0v) is 15.7. The number of hydrogen-bond donors (Lipinski definition) is 1. The van der Waals surface area contributed by atoms with Gasteiger partial charge in [-0.3, -0.25) is 9.69 Å². The van der Waals surface area contributed by atoms with Gasteiger partial charge >= 0.3 is 0 Å². The lowest BCUT2D eigenvalue weighted by atomic mass is 9.97. The van der Waals surface area contributed by atoms with Crippen molar-refractivity contribution in [3.05, 3.63) is 22.4 Å². The fourth-order valence-electron chi connectivity index (χ4n) is 3.42. The molecule has 1 N–H and O–H groups in total. The second-order valence-electron chi connectivity index (χ2n) is 7.15. The number of piperidine rings is 1. The minimum Gasteiger partial charge on any atom is -0.354 e. The van der Waals surface area contributed by atoms with Crippen LogP contribution in [0.25, 0.3) is 0 Å². The largest absolute Gasteiger partial charge is 0.354 e. The predicted octanol–water partition coefficient (Wildman–Crippen LogP) is 4.46. The molecule has 2 heterocycles. The van der Waals surface area contributed by atoms with Crippen LogP contribution in [0.5, 0.6) is 0 Å². The average Bonchev–Trinajstić information content (AvgIpc) is 3.03. The van der Waals surface area contributed by atoms with E-state index in [1.165, 1.54) is 17.7 Å². The average molecular weight is 337 g/mol. The van der Waals surface area contributed by atoms with Gasteiger partial charge in [-0.05, 0) is 49.2 Å². The third kappa shape index (κ3) is 5.92. The van der Waals surface area contributed by atoms with Gasteiger partial charge in [0.25, 0.3) is 0 Å². The van der Waals surface area contributed by atoms with Gasteiger partial charge in [0.15, 0.2) is 0 Å². The second-order valence-corrected chi connectivity index (χ2v) is 8.13. The predicted molar refractivity (Wildman–Crippen MR) is 98.7 cm³/mol. The summed E-state index contributed by atoms with van der Waals surface area (Å²) >= 11 is 1.81. The van der Waals surface area contributed by atoms with Gasteiger partial charge in [-0.1, -0.05) is 39.7 Å². The molecule has 0 bridgehead atoms. The van der Waals surface area contributed by atoms with Gasteiger partial charge in [-0.25, -0.2) is 0 Å². The Morgan fingerprint density at radius 3 is 2.78 bits per heavy atom. The Kier molecular flexibility index (Phi) is 7.57. The van der Waals surface area contributed by atoms with Crippen LogP contribution in [-0.4, -0.2) is 30.4 Å². The molecule has 1 aromatic rings. The third-order valence-corrected chi connectivity index (χ3v) is 5.91. The molecular formula is C19H32N2OS. The van der Waals surface area contributed by atoms with E-state index in [-0.39, 0.29) is 5.91 Å². The summed E-state index contributed by atoms with van der Waals surface area (Å²) < 4.78 is 0. The van der Waals surface area contributed by atoms with E-state index in [4.69, 9.17) is 0 Å². The molecule has 23 heavy (non-hydrogen) atoms. The summed E-state index contributed by atoms with van der Waals surface area (Å²) in [6, 6.07) is 4.66. The number of nitrogens with zero attached hydrogens (tertiary/aromatic N) is 1. The van der Waals surface area contributed by atoms with E-state index >= 15 is 0 Å². The molecule has 0 radical (unpaired) electrons. The van der Waals surface area contributed by atoms with E-state index in [1.807, 2.05) is 0 Å². The standard InChI is InChI=1S/C19H32N2OS/c1-4-6-16(3)13-19(22)20-14-17(18-7-5-12-23-18)21-10-8-15(2)9-11-21/h5,7,12,15-17H,4,6,8-11,13-14H2,1-3H3,(H,20,22). The molecule has 130 valence electrons. The third-order valence-electron chi connectivity index (χ3n) is 4.94. The molecule has 1 saturated heterocycles. The molecule has 1 amide bonds. The number of rotatable bonds is 8. The van der Waals surface area contributed by atoms with Gasteiger partial charge in [0.1, 0.15) is 0 Å². The number of hydrogen-bond acceptors (Lipinski definition) is 3. The molecule has 4 heteroatoms. The van der Waals surface area contributed by atoms with Gasteiger partial charge in [0, 0.05) is 17.8 Å². The molecule has 2 atom stereocenters. The lowest BCUT2D eigenvalue weighted by Crippen LogP contribution is -2.41. The summed E-state index contributed by atoms with van der Waals surface area (Å²) in [5, 5.41) is 5.33. The SMILES string of the molecule is CCCC(C)CC(=O)NCC(c1cccs1)N1CCC(C)CC1. The molecule has 2 rings (SSSR count). The van der Waals surface area contributed by atoms with Crippen molar-refractivity contribution >= 4 is 17.2 Å². The van der Waals surface area contributed by atoms with Crippen LogP contribution in [0.4, 0.5) is 0 Å². The number of amides is 1. The highest BCUT2D eigenvalue weighted by Gasteiger charge is 2.25. The number of carbonyl (C=O) groups excluding carboxylic acids is 1. The van der Waals surface area contributed by atoms with Crippen LogP contribution in [0.15, 0.2) is 17.5 Å². The number of likely N-dealkylation sites (tertiary alicyclic amines) is 1. The van der Waals surface area contributed by atoms with Crippen LogP contribution >= 0.6 is 11.3 Å². The normalized spacial score (nSPS) is 19.4. The Bertz CT molecular complexity index is 452. The Balaban J connectivity index is 1.89. The summed E-state index contributed by atoms with van der Waals surface area (Å²) in [5.74, 6) is 1.52. The van der Waals surface area contributed by atoms with E-state index in [9.17, 15) is 4.79 Å². The molecule has 2 unspecified atom stereocenters. The molecule has 0 spiro atoms. The van der Waals surface area contributed by atoms with Crippen LogP contribution in [0.3, 0.4) is 0 Å². The summed E-state index contributed by atoms with van der Waals surface area (Å²) in [7, 11) is 0. The number of carbonyl (C=O) groups is 1. The van der Waals surface area contributed by atoms with Gasteiger partial charge in [-0.15, -0.1) is 11.3 Å². The smallest absolute Gasteiger partial charge is 0.220 e. The van der Waals surface area contributed by atoms with Crippen molar-refractivity contribution in [1.82, 2.24) is 10.2 Å². The minimum atomic E-state index is 0.206. The summed E-state index contributed by atoms with van der Waals surface area (Å²) in [4.78, 5) is 16.1. The summed E-state index contributed by atoms with van der Waals surface area (Å²) in [6.45, 7) is 9.73. The first-order chi connectivity index (χ1) is 11.1. The van der Waals surface area contributed by atoms with Crippen molar-refractivity contribution in [3.8, 4) is 0 Å². The highest BCUT2D eigenvalue weighted by atomic mass is 32.1. The van der Waals surface area contributed by atoms with Gasteiger partial charge < -0.3 is 5.32 Å². The quantitative estimate of drug-likeness (QED) is 0.760. The van der Waals surface area contributed by atoms with E-state index in [2.05, 4.69) is 48.5 Å². The molecule has 1 fully saturated rings. The molecule has 0 aromatic carbocycles. The van der Waals surface area contributed by atoms with Crippen molar-refractivity contribution in [2.75, 3.05) is 19.6 Å². The molecule has 0 aliphatic carbocycles. The molecule has 1 aromatic heterocycles. The summed E-state index contributed by atoms with van der Waals surface area (Å²) in [6.07, 6.45) is 5.47. The van der Waals surface area contributed by atoms with E-state index in [0.29, 0.717) is 18.4 Å². The minimum absolute atomic E-state index is 0.206. The zero-order valence-electron chi connectivity index (χ0n) is 14.9. The second kappa shape index (κ2) is 9.43. The molecule has 1 aliphatic heterocycles. The van der Waals surface area contributed by atoms with Crippen molar-refractivity contribution < 1.29 is 4.79 Å². The van der Waals surface area contributed by atoms with E-state index < -0.39 is 0 Å². The highest BCUT2D eigenvalue weighted by Crippen LogP contribution is 2.29. The Hall–Kier alpha value is -0.870. The van der Waals surface area contributed by atoms with Crippen molar-refractivity contribution in [2.24, 2.45) is 11.8 Å². The molecular weight excluding hydrogens is 304 g/mol. The van der Waals surface area contributed by atoms with Crippen molar-refractivity contribution in [3.63, 3.8) is 0 Å². The summed E-state index contributed by atoms with van der Waals surface area (Å²) in [5.41, 5.74) is 0. The van der Waals surface area contributed by atoms with Gasteiger partial charge in [-0.2, -0.15) is 0 Å². The van der Waals surface area contributed by atoms with Crippen molar-refractivity contribution in [2.45, 2.75) is 58.9 Å². The van der Waals surface area contributed by atoms with Crippen LogP contribution in [0.2, 0.25) is 0 Å². The number of nitrogens with one attached hydrogen (secondary N) is 1. The van der Waals surface area contributed by atoms with Crippen molar-refractivity contribution in [1.29, 1.82) is 0 Å². The maximum atomic E-state index is 12.2. The van der Waals surface area contributed by atoms with E-state index in [0.717, 1.165) is 38.4 Å². The first kappa shape index (κ1) is 18.5. The van der Waals surface area contributed by atoms with Crippen LogP contribution < -0.4 is 5.32 Å². The zero-order chi connectivity index (χ0) is 16.7. The lowest BCUT2D eigenvalue weighted by Gasteiger charge is -2.36. The fourth-order valence-corrected chi connectivity index (χ4v) is 4.29. The van der Waals surface area contributed by atoms with E-state index in [1.54, 1.807) is 11.3 Å². The first-order valence-electron chi connectivity index (χ1n) is 9.14. The maximum Gasteiger partial charge on any atom is 0.220 e. The molecule has 3 nitrogen and oxygen atoms in total. The first-order valence-corrected chi connectivity index (χ1v) is 10.0. The lowest BCUT2D eigenvalue weighted by molar-refractivity contribution is -0.122. The fraction of sp³-hybridized carbons (Fsp3) is 0.737. The Labute approximate surface area is 145 Å². The highest BCUT2D eigenvalue weighted by molar-refractivity contribution is 7.10. The monoisotopic (exact) mass is 336 g/mol. The Morgan fingerprint density at radius 1 is 1.43 bits per heavy atom. The number of thiophene rings is 1. The van der Waals surface area contributed by atoms with Crippen LogP contribution in [-0.2, 0) is 4.79 Å². The Morgan fingerprint density at radius 2 is 2.17 bits per heavy atom. The van der Waals surface area contributed by atoms with Gasteiger partial charge in [0.2, 0.25) is 5.91 Å². The molecule has 1 aliphatic rings. The van der Waals surface area contributed by atoms with Crippen LogP contribution in [0.1, 0.15) is 63.8 Å². The maximum absolute atomic E-state index is 12.2. The topological polar surface area (TPSA) is 32.3 Å². The van der Waals surface area contributed by atoms with Crippen LogP contribution in [0, 0.1) is 11.8 Å². The molecule has 0 saturated carbocycles. The van der Waals surface area contributed by atoms with Gasteiger partial charge in [0.05, 0.1) is 6.04 Å².